The number of hydrogen-bond acceptors (Lipinski definition) is 16. The summed E-state index contributed by atoms with van der Waals surface area (Å²) in [5, 5.41) is 15.2. The number of nitrogen functional groups attached to an aromatic ring is 1. The van der Waals surface area contributed by atoms with Crippen molar-refractivity contribution in [3.05, 3.63) is 118 Å². The Morgan fingerprint density at radius 1 is 0.735 bits per heavy atom. The van der Waals surface area contributed by atoms with Crippen LogP contribution in [0, 0.1) is 13.8 Å². The van der Waals surface area contributed by atoms with Gasteiger partial charge in [0, 0.05) is 38.2 Å². The summed E-state index contributed by atoms with van der Waals surface area (Å²) in [7, 11) is 0. The van der Waals surface area contributed by atoms with E-state index in [2.05, 4.69) is 99.5 Å². The molecule has 0 aromatic carbocycles. The topological polar surface area (TPSA) is 267 Å². The average Bonchev–Trinajstić information content (AvgIpc) is 3.63. The molecule has 19 nitrogen and oxygen atoms in total. The summed E-state index contributed by atoms with van der Waals surface area (Å²) >= 11 is 31.3. The van der Waals surface area contributed by atoms with Crippen molar-refractivity contribution in [2.75, 3.05) is 34.8 Å². The molecule has 68 heavy (non-hydrogen) atoms. The van der Waals surface area contributed by atoms with Crippen molar-refractivity contribution in [1.29, 1.82) is 0 Å². The molecule has 0 aliphatic rings. The van der Waals surface area contributed by atoms with E-state index in [1.165, 1.54) is 18.9 Å². The zero-order valence-electron chi connectivity index (χ0n) is 36.1. The van der Waals surface area contributed by atoms with Crippen LogP contribution in [0.15, 0.2) is 74.0 Å². The van der Waals surface area contributed by atoms with Gasteiger partial charge in [0.1, 0.15) is 51.3 Å². The van der Waals surface area contributed by atoms with E-state index in [1.54, 1.807) is 43.5 Å². The van der Waals surface area contributed by atoms with Gasteiger partial charge in [-0.2, -0.15) is 13.2 Å². The lowest BCUT2D eigenvalue weighted by molar-refractivity contribution is -0.141. The van der Waals surface area contributed by atoms with Crippen molar-refractivity contribution in [2.24, 2.45) is 0 Å². The van der Waals surface area contributed by atoms with Crippen LogP contribution in [0.25, 0.3) is 22.6 Å². The van der Waals surface area contributed by atoms with Crippen molar-refractivity contribution < 1.29 is 32.4 Å². The molecule has 6 N–H and O–H groups in total. The first kappa shape index (κ1) is 56.6. The minimum Gasteiger partial charge on any atom is -0.478 e. The highest BCUT2D eigenvalue weighted by atomic mass is 36.0. The number of halogens is 9. The van der Waals surface area contributed by atoms with Gasteiger partial charge in [-0.15, -0.1) is 0 Å². The van der Waals surface area contributed by atoms with E-state index in [4.69, 9.17) is 45.6 Å². The average molecular weight is 1080 g/mol. The zero-order chi connectivity index (χ0) is 50.8. The number of rotatable bonds is 9. The van der Waals surface area contributed by atoms with Gasteiger partial charge >= 0.3 is 17.3 Å². The third-order valence-corrected chi connectivity index (χ3v) is 8.72. The molecule has 0 unspecified atom stereocenters. The van der Waals surface area contributed by atoms with E-state index in [0.717, 1.165) is 41.3 Å². The molecule has 7 aromatic rings. The van der Waals surface area contributed by atoms with Crippen LogP contribution in [0.3, 0.4) is 0 Å². The highest BCUT2D eigenvalue weighted by Gasteiger charge is 2.37. The van der Waals surface area contributed by atoms with Gasteiger partial charge in [-0.1, -0.05) is 34.8 Å². The van der Waals surface area contributed by atoms with E-state index in [1.807, 2.05) is 38.3 Å². The van der Waals surface area contributed by atoms with Crippen molar-refractivity contribution in [3.63, 3.8) is 0 Å². The predicted molar refractivity (Wildman–Crippen MR) is 259 cm³/mol. The number of nitrogens with one attached hydrogen (secondary N) is 3. The number of carboxylic acid groups (broad SMARTS) is 1. The van der Waals surface area contributed by atoms with E-state index >= 15 is 0 Å². The number of amides is 1. The molecule has 1 amide bonds. The van der Waals surface area contributed by atoms with Gasteiger partial charge in [-0.25, -0.2) is 54.6 Å². The van der Waals surface area contributed by atoms with Crippen LogP contribution in [-0.2, 0) is 17.3 Å². The summed E-state index contributed by atoms with van der Waals surface area (Å²) in [5.74, 6) is 0.0209. The summed E-state index contributed by atoms with van der Waals surface area (Å²) in [6.45, 7) is 11.9. The van der Waals surface area contributed by atoms with Gasteiger partial charge in [-0.3, -0.25) is 9.36 Å². The third-order valence-electron chi connectivity index (χ3n) is 8.08. The fourth-order valence-electron chi connectivity index (χ4n) is 5.20. The summed E-state index contributed by atoms with van der Waals surface area (Å²) in [6, 6.07) is 10.3. The van der Waals surface area contributed by atoms with E-state index < -0.39 is 28.6 Å². The molecule has 7 aromatic heterocycles. The number of fused-ring (bicyclic) bond motifs is 1. The van der Waals surface area contributed by atoms with Crippen molar-refractivity contribution in [3.8, 4) is 11.4 Å². The van der Waals surface area contributed by atoms with Crippen molar-refractivity contribution in [2.45, 2.75) is 47.3 Å². The van der Waals surface area contributed by atoms with Crippen molar-refractivity contribution >= 4 is 120 Å². The van der Waals surface area contributed by atoms with Crippen LogP contribution < -0.4 is 21.7 Å². The summed E-state index contributed by atoms with van der Waals surface area (Å²) in [6.07, 6.45) is 2.68. The largest absolute Gasteiger partial charge is 0.478 e. The minimum atomic E-state index is -4.77. The fourth-order valence-corrected chi connectivity index (χ4v) is 5.64. The van der Waals surface area contributed by atoms with Crippen LogP contribution >= 0.6 is 73.7 Å². The maximum absolute atomic E-state index is 12.2. The van der Waals surface area contributed by atoms with Crippen LogP contribution in [0.5, 0.6) is 0 Å². The van der Waals surface area contributed by atoms with Gasteiger partial charge < -0.3 is 31.4 Å². The first-order valence-corrected chi connectivity index (χ1v) is 24.8. The Morgan fingerprint density at radius 3 is 1.79 bits per heavy atom. The molecule has 29 heteroatoms. The van der Waals surface area contributed by atoms with E-state index in [-0.39, 0.29) is 5.91 Å². The molecule has 0 saturated heterocycles. The molecular weight excluding hydrogens is 1040 g/mol. The van der Waals surface area contributed by atoms with E-state index in [0.29, 0.717) is 68.8 Å². The first-order valence-electron chi connectivity index (χ1n) is 19.2. The van der Waals surface area contributed by atoms with Gasteiger partial charge in [0.2, 0.25) is 0 Å². The number of hydrogen-bond donors (Lipinski definition) is 5. The molecule has 0 radical (unpaired) electrons. The Kier molecular flexibility index (Phi) is 22.2. The second-order valence-electron chi connectivity index (χ2n) is 12.8. The van der Waals surface area contributed by atoms with Gasteiger partial charge in [0.15, 0.2) is 23.0 Å². The molecule has 7 heterocycles. The molecular formula is C39H39Cl6F3N15O4P. The number of pyridine rings is 3. The molecule has 362 valence electrons. The number of aromatic carboxylic acids is 1. The standard InChI is InChI=1S/C13H14ClN5O.C13H12ClN5.C7H10ClN3.C6H3F3N2O2.Cl3OP/c1-3-16-12-10(4-5-11(14)19-12)18-13(20)9-6-15-7-17-8(9)2;1-3-19-12(9-6-15-7-16-8(9)2)17-10-4-5-11(14)18-13(10)19;1-2-10-7-5(9)3-4-6(8)11-7;7-6(8,9)4-3(5(12)13)1-10-2-11-4;1-5(2,3)4/h4-7H,3H2,1-2H3,(H,16,19)(H,18,20);4-7H,3H2,1-2H3;3-4H,2,9H2,1H3,(H,10,11);1-2H,(H,12,13);. The fraction of sp³-hybridized carbons (Fsp3) is 0.231. The molecule has 0 saturated carbocycles. The lowest BCUT2D eigenvalue weighted by Crippen LogP contribution is -2.16. The number of anilines is 4. The van der Waals surface area contributed by atoms with Crippen LogP contribution in [0.1, 0.15) is 58.6 Å². The number of aromatic nitrogens is 11. The number of aryl methyl sites for hydroxylation is 3. The quantitative estimate of drug-likeness (QED) is 0.0664. The summed E-state index contributed by atoms with van der Waals surface area (Å²) in [5.41, 5.74) is 8.84. The van der Waals surface area contributed by atoms with Crippen LogP contribution in [0.2, 0.25) is 15.5 Å². The van der Waals surface area contributed by atoms with Gasteiger partial charge in [0.25, 0.3) is 5.91 Å². The number of nitrogens with zero attached hydrogens (tertiary/aromatic N) is 11. The number of carbonyl (C=O) groups excluding carboxylic acids is 1. The Morgan fingerprint density at radius 2 is 1.25 bits per heavy atom. The molecule has 0 aliphatic heterocycles. The highest BCUT2D eigenvalue weighted by Crippen LogP contribution is 2.61. The van der Waals surface area contributed by atoms with Crippen LogP contribution in [0.4, 0.5) is 36.2 Å². The minimum absolute atomic E-state index is 0.286. The molecule has 0 atom stereocenters. The number of alkyl halides is 3. The number of carbonyl (C=O) groups is 2. The molecule has 0 bridgehead atoms. The molecule has 7 rings (SSSR count). The normalized spacial score (nSPS) is 10.7. The second-order valence-corrected chi connectivity index (χ2v) is 20.6. The summed E-state index contributed by atoms with van der Waals surface area (Å²) < 4.78 is 47.7. The number of carboxylic acids is 1. The first-order chi connectivity index (χ1) is 32.0. The molecule has 0 aliphatic carbocycles. The second kappa shape index (κ2) is 26.7. The SMILES string of the molecule is CCNc1nc(Cl)ccc1N.CCNc1nc(Cl)ccc1NC(=O)c1cncnc1C.CCn1c(-c2cncnc2C)nc2ccc(Cl)nc21.O=C(O)c1cncnc1C(F)(F)F.O=P(Cl)(Cl)Cl. The highest BCUT2D eigenvalue weighted by molar-refractivity contribution is 8.24. The lowest BCUT2D eigenvalue weighted by Gasteiger charge is -2.11. The van der Waals surface area contributed by atoms with Crippen LogP contribution in [-0.4, -0.2) is 84.5 Å². The Labute approximate surface area is 415 Å². The van der Waals surface area contributed by atoms with Gasteiger partial charge in [0.05, 0.1) is 33.9 Å². The number of nitrogens with two attached hydrogens (primary N) is 1. The Bertz CT molecular complexity index is 2850. The third kappa shape index (κ3) is 18.1. The maximum Gasteiger partial charge on any atom is 0.434 e. The zero-order valence-corrected chi connectivity index (χ0v) is 41.5. The van der Waals surface area contributed by atoms with Crippen molar-refractivity contribution in [1.82, 2.24) is 54.4 Å². The Balaban J connectivity index is 0.000000238. The monoisotopic (exact) mass is 1080 g/mol. The Hall–Kier alpha value is -5.74. The van der Waals surface area contributed by atoms with E-state index in [9.17, 15) is 27.3 Å². The summed E-state index contributed by atoms with van der Waals surface area (Å²) in [4.78, 5) is 61.8. The number of imidazole rings is 1. The lowest BCUT2D eigenvalue weighted by atomic mass is 10.2. The van der Waals surface area contributed by atoms with Gasteiger partial charge in [-0.05, 0) is 105 Å². The molecule has 0 fully saturated rings. The predicted octanol–water partition coefficient (Wildman–Crippen LogP) is 11.1. The molecule has 0 spiro atoms. The maximum atomic E-state index is 12.2. The smallest absolute Gasteiger partial charge is 0.434 e.